The van der Waals surface area contributed by atoms with E-state index in [1.807, 2.05) is 34.6 Å². The summed E-state index contributed by atoms with van der Waals surface area (Å²) >= 11 is 0. The van der Waals surface area contributed by atoms with Gasteiger partial charge in [-0.1, -0.05) is 34.6 Å². The van der Waals surface area contributed by atoms with Crippen LogP contribution in [0.25, 0.3) is 0 Å². The van der Waals surface area contributed by atoms with Crippen molar-refractivity contribution in [1.82, 2.24) is 4.31 Å². The Hall–Kier alpha value is -0.0900. The Morgan fingerprint density at radius 3 is 1.93 bits per heavy atom. The van der Waals surface area contributed by atoms with Crippen LogP contribution in [0.3, 0.4) is 0 Å². The van der Waals surface area contributed by atoms with Gasteiger partial charge < -0.3 is 0 Å². The summed E-state index contributed by atoms with van der Waals surface area (Å²) in [6.07, 6.45) is 0. The van der Waals surface area contributed by atoms with Crippen LogP contribution in [0.2, 0.25) is 0 Å². The van der Waals surface area contributed by atoms with Gasteiger partial charge in [-0.05, 0) is 11.3 Å². The first-order valence-electron chi connectivity index (χ1n) is 4.98. The highest BCUT2D eigenvalue weighted by Crippen LogP contribution is 2.18. The summed E-state index contributed by atoms with van der Waals surface area (Å²) in [5.41, 5.74) is -0.177. The van der Waals surface area contributed by atoms with Crippen LogP contribution in [-0.2, 0) is 10.0 Å². The molecule has 0 unspecified atom stereocenters. The van der Waals surface area contributed by atoms with E-state index in [1.54, 1.807) is 7.05 Å². The monoisotopic (exact) mass is 221 g/mol. The van der Waals surface area contributed by atoms with Crippen molar-refractivity contribution in [2.24, 2.45) is 11.3 Å². The lowest BCUT2D eigenvalue weighted by molar-refractivity contribution is 0.394. The Balaban J connectivity index is 4.48. The molecule has 86 valence electrons. The lowest BCUT2D eigenvalue weighted by Crippen LogP contribution is -2.36. The largest absolute Gasteiger partial charge is 0.214 e. The highest BCUT2D eigenvalue weighted by molar-refractivity contribution is 7.89. The predicted molar refractivity (Wildman–Crippen MR) is 60.7 cm³/mol. The van der Waals surface area contributed by atoms with Crippen molar-refractivity contribution in [3.8, 4) is 0 Å². The van der Waals surface area contributed by atoms with E-state index < -0.39 is 10.0 Å². The Bertz CT molecular complexity index is 262. The molecule has 0 aromatic rings. The number of rotatable bonds is 4. The molecule has 0 radical (unpaired) electrons. The molecule has 0 aliphatic carbocycles. The second-order valence-corrected chi connectivity index (χ2v) is 7.57. The first kappa shape index (κ1) is 13.9. The second kappa shape index (κ2) is 4.62. The molecule has 0 atom stereocenters. The van der Waals surface area contributed by atoms with Gasteiger partial charge in [-0.3, -0.25) is 0 Å². The van der Waals surface area contributed by atoms with Crippen LogP contribution in [-0.4, -0.2) is 32.1 Å². The molecule has 0 N–H and O–H groups in total. The molecule has 0 aliphatic rings. The number of sulfonamides is 1. The number of hydrogen-bond acceptors (Lipinski definition) is 2. The minimum absolute atomic E-state index is 0.177. The van der Waals surface area contributed by atoms with Crippen LogP contribution in [0.1, 0.15) is 34.6 Å². The minimum atomic E-state index is -3.08. The molecule has 0 aliphatic heterocycles. The topological polar surface area (TPSA) is 37.4 Å². The van der Waals surface area contributed by atoms with Gasteiger partial charge in [0.1, 0.15) is 0 Å². The Morgan fingerprint density at radius 2 is 1.64 bits per heavy atom. The van der Waals surface area contributed by atoms with Crippen molar-refractivity contribution in [2.45, 2.75) is 34.6 Å². The molecule has 0 saturated carbocycles. The average molecular weight is 221 g/mol. The lowest BCUT2D eigenvalue weighted by Gasteiger charge is -2.24. The summed E-state index contributed by atoms with van der Waals surface area (Å²) in [4.78, 5) is 0. The molecule has 0 aromatic heterocycles. The zero-order chi connectivity index (χ0) is 11.6. The van der Waals surface area contributed by atoms with Crippen molar-refractivity contribution in [1.29, 1.82) is 0 Å². The van der Waals surface area contributed by atoms with Gasteiger partial charge in [0.05, 0.1) is 5.75 Å². The Labute approximate surface area is 88.5 Å². The third kappa shape index (κ3) is 5.60. The van der Waals surface area contributed by atoms with Crippen molar-refractivity contribution in [3.05, 3.63) is 0 Å². The smallest absolute Gasteiger partial charge is 0.212 e. The fraction of sp³-hybridized carbons (Fsp3) is 1.00. The summed E-state index contributed by atoms with van der Waals surface area (Å²) in [5, 5.41) is 0. The first-order valence-corrected chi connectivity index (χ1v) is 6.59. The number of nitrogens with zero attached hydrogens (tertiary/aromatic N) is 1. The van der Waals surface area contributed by atoms with E-state index in [0.29, 0.717) is 12.5 Å². The predicted octanol–water partition coefficient (Wildman–Crippen LogP) is 1.95. The summed E-state index contributed by atoms with van der Waals surface area (Å²) in [7, 11) is -1.43. The summed E-state index contributed by atoms with van der Waals surface area (Å²) in [6, 6.07) is 0. The van der Waals surface area contributed by atoms with Crippen LogP contribution in [0.4, 0.5) is 0 Å². The molecule has 0 saturated heterocycles. The molecule has 0 heterocycles. The Kier molecular flexibility index (Phi) is 4.59. The van der Waals surface area contributed by atoms with Gasteiger partial charge in [-0.25, -0.2) is 12.7 Å². The van der Waals surface area contributed by atoms with Crippen LogP contribution in [0.15, 0.2) is 0 Å². The van der Waals surface area contributed by atoms with Crippen LogP contribution in [0, 0.1) is 11.3 Å². The molecular formula is C10H23NO2S. The molecular weight excluding hydrogens is 198 g/mol. The summed E-state index contributed by atoms with van der Waals surface area (Å²) in [6.45, 7) is 10.4. The van der Waals surface area contributed by atoms with Gasteiger partial charge in [0, 0.05) is 13.6 Å². The molecule has 0 aromatic carbocycles. The highest BCUT2D eigenvalue weighted by Gasteiger charge is 2.25. The van der Waals surface area contributed by atoms with Gasteiger partial charge in [0.2, 0.25) is 10.0 Å². The maximum absolute atomic E-state index is 11.8. The molecule has 0 rings (SSSR count). The van der Waals surface area contributed by atoms with E-state index in [0.717, 1.165) is 0 Å². The van der Waals surface area contributed by atoms with E-state index >= 15 is 0 Å². The standard InChI is InChI=1S/C10H23NO2S/c1-9(2)7-11(6)14(12,13)8-10(3,4)5/h9H,7-8H2,1-6H3. The van der Waals surface area contributed by atoms with E-state index in [2.05, 4.69) is 0 Å². The minimum Gasteiger partial charge on any atom is -0.212 e. The fourth-order valence-corrected chi connectivity index (χ4v) is 3.13. The second-order valence-electron chi connectivity index (χ2n) is 5.49. The van der Waals surface area contributed by atoms with E-state index in [-0.39, 0.29) is 11.2 Å². The summed E-state index contributed by atoms with van der Waals surface area (Å²) < 4.78 is 25.1. The third-order valence-electron chi connectivity index (χ3n) is 1.71. The van der Waals surface area contributed by atoms with E-state index in [9.17, 15) is 8.42 Å². The van der Waals surface area contributed by atoms with Gasteiger partial charge in [0.15, 0.2) is 0 Å². The van der Waals surface area contributed by atoms with Gasteiger partial charge in [-0.15, -0.1) is 0 Å². The maximum atomic E-state index is 11.8. The normalized spacial score (nSPS) is 14.0. The fourth-order valence-electron chi connectivity index (χ4n) is 1.29. The third-order valence-corrected chi connectivity index (χ3v) is 4.04. The molecule has 0 fully saturated rings. The maximum Gasteiger partial charge on any atom is 0.214 e. The van der Waals surface area contributed by atoms with Gasteiger partial charge in [-0.2, -0.15) is 0 Å². The van der Waals surface area contributed by atoms with Crippen molar-refractivity contribution in [3.63, 3.8) is 0 Å². The lowest BCUT2D eigenvalue weighted by atomic mass is 10.0. The average Bonchev–Trinajstić information content (AvgIpc) is 1.78. The van der Waals surface area contributed by atoms with E-state index in [1.165, 1.54) is 4.31 Å². The van der Waals surface area contributed by atoms with Crippen LogP contribution in [0.5, 0.6) is 0 Å². The van der Waals surface area contributed by atoms with Crippen molar-refractivity contribution in [2.75, 3.05) is 19.3 Å². The van der Waals surface area contributed by atoms with Crippen LogP contribution >= 0.6 is 0 Å². The van der Waals surface area contributed by atoms with Gasteiger partial charge >= 0.3 is 0 Å². The van der Waals surface area contributed by atoms with Gasteiger partial charge in [0.25, 0.3) is 0 Å². The van der Waals surface area contributed by atoms with E-state index in [4.69, 9.17) is 0 Å². The molecule has 14 heavy (non-hydrogen) atoms. The molecule has 3 nitrogen and oxygen atoms in total. The SMILES string of the molecule is CC(C)CN(C)S(=O)(=O)CC(C)(C)C. The quantitative estimate of drug-likeness (QED) is 0.727. The zero-order valence-corrected chi connectivity index (χ0v) is 11.0. The zero-order valence-electron chi connectivity index (χ0n) is 10.2. The highest BCUT2D eigenvalue weighted by atomic mass is 32.2. The Morgan fingerprint density at radius 1 is 1.21 bits per heavy atom. The molecule has 0 amide bonds. The van der Waals surface area contributed by atoms with Crippen molar-refractivity contribution >= 4 is 10.0 Å². The van der Waals surface area contributed by atoms with Crippen molar-refractivity contribution < 1.29 is 8.42 Å². The molecule has 0 bridgehead atoms. The van der Waals surface area contributed by atoms with Crippen LogP contribution < -0.4 is 0 Å². The summed E-state index contributed by atoms with van der Waals surface area (Å²) in [5.74, 6) is 0.582. The number of hydrogen-bond donors (Lipinski definition) is 0. The molecule has 4 heteroatoms. The molecule has 0 spiro atoms. The first-order chi connectivity index (χ1) is 6.04.